The van der Waals surface area contributed by atoms with Crippen LogP contribution in [0.25, 0.3) is 11.1 Å². The number of aliphatic imine (C=N–C) groups is 1. The van der Waals surface area contributed by atoms with E-state index in [1.807, 2.05) is 35.7 Å². The van der Waals surface area contributed by atoms with Crippen molar-refractivity contribution in [1.29, 1.82) is 0 Å². The molecule has 0 amide bonds. The molecule has 0 atom stereocenters. The van der Waals surface area contributed by atoms with Crippen LogP contribution in [0.1, 0.15) is 11.3 Å². The van der Waals surface area contributed by atoms with Crippen LogP contribution < -0.4 is 15.4 Å². The first-order valence-corrected chi connectivity index (χ1v) is 8.52. The molecule has 26 heavy (non-hydrogen) atoms. The van der Waals surface area contributed by atoms with E-state index < -0.39 is 12.6 Å². The highest BCUT2D eigenvalue weighted by Crippen LogP contribution is 2.27. The maximum atomic E-state index is 12.2. The van der Waals surface area contributed by atoms with Crippen LogP contribution in [0.2, 0.25) is 0 Å². The smallest absolute Gasteiger partial charge is 0.390 e. The molecule has 1 aromatic carbocycles. The second-order valence-electron chi connectivity index (χ2n) is 5.25. The zero-order valence-corrected chi connectivity index (χ0v) is 17.5. The summed E-state index contributed by atoms with van der Waals surface area (Å²) in [5.74, 6) is 1.15. The normalized spacial score (nSPS) is 11.7. The third-order valence-corrected chi connectivity index (χ3v) is 4.37. The number of rotatable bonds is 6. The lowest BCUT2D eigenvalue weighted by Gasteiger charge is -2.12. The summed E-state index contributed by atoms with van der Waals surface area (Å²) in [6, 6.07) is 9.81. The zero-order valence-electron chi connectivity index (χ0n) is 14.4. The Hall–Kier alpha value is -1.49. The molecule has 2 rings (SSSR count). The van der Waals surface area contributed by atoms with Gasteiger partial charge in [0.2, 0.25) is 0 Å². The van der Waals surface area contributed by atoms with E-state index in [2.05, 4.69) is 15.6 Å². The van der Waals surface area contributed by atoms with Gasteiger partial charge in [-0.05, 0) is 34.7 Å². The Kier molecular flexibility index (Phi) is 9.20. The van der Waals surface area contributed by atoms with Gasteiger partial charge in [0, 0.05) is 18.5 Å². The van der Waals surface area contributed by atoms with Crippen LogP contribution >= 0.6 is 35.3 Å². The summed E-state index contributed by atoms with van der Waals surface area (Å²) >= 11 is 1.58. The van der Waals surface area contributed by atoms with Crippen molar-refractivity contribution in [3.63, 3.8) is 0 Å². The summed E-state index contributed by atoms with van der Waals surface area (Å²) in [5.41, 5.74) is 2.17. The molecular weight excluding hydrogens is 478 g/mol. The minimum atomic E-state index is -4.17. The molecule has 0 bridgehead atoms. The van der Waals surface area contributed by atoms with Crippen molar-refractivity contribution in [2.45, 2.75) is 19.1 Å². The highest BCUT2D eigenvalue weighted by atomic mass is 127. The molecule has 0 unspecified atom stereocenters. The van der Waals surface area contributed by atoms with Crippen molar-refractivity contribution >= 4 is 41.3 Å². The Morgan fingerprint density at radius 3 is 2.42 bits per heavy atom. The number of hydrogen-bond acceptors (Lipinski definition) is 3. The summed E-state index contributed by atoms with van der Waals surface area (Å²) in [6.45, 7) is 0.289. The molecule has 9 heteroatoms. The van der Waals surface area contributed by atoms with Gasteiger partial charge < -0.3 is 15.4 Å². The van der Waals surface area contributed by atoms with Gasteiger partial charge in [0.1, 0.15) is 5.75 Å². The van der Waals surface area contributed by atoms with Gasteiger partial charge in [0.15, 0.2) is 5.96 Å². The van der Waals surface area contributed by atoms with E-state index in [0.29, 0.717) is 12.5 Å². The van der Waals surface area contributed by atoms with Gasteiger partial charge in [0.05, 0.1) is 20.1 Å². The van der Waals surface area contributed by atoms with Gasteiger partial charge in [-0.25, -0.2) is 0 Å². The SMILES string of the molecule is CN=C(NCCC(F)(F)F)NCc1cc(-c2ccc(OC)cc2)cs1.I. The van der Waals surface area contributed by atoms with Gasteiger partial charge in [0.25, 0.3) is 0 Å². The number of halogens is 4. The van der Waals surface area contributed by atoms with Crippen molar-refractivity contribution in [3.8, 4) is 16.9 Å². The number of nitrogens with zero attached hydrogens (tertiary/aromatic N) is 1. The van der Waals surface area contributed by atoms with E-state index in [9.17, 15) is 13.2 Å². The fourth-order valence-electron chi connectivity index (χ4n) is 2.12. The first-order chi connectivity index (χ1) is 11.9. The lowest BCUT2D eigenvalue weighted by Crippen LogP contribution is -2.38. The van der Waals surface area contributed by atoms with Crippen molar-refractivity contribution < 1.29 is 17.9 Å². The van der Waals surface area contributed by atoms with Crippen LogP contribution in [-0.2, 0) is 6.54 Å². The fourth-order valence-corrected chi connectivity index (χ4v) is 2.96. The second kappa shape index (κ2) is 10.6. The molecule has 4 nitrogen and oxygen atoms in total. The van der Waals surface area contributed by atoms with E-state index in [1.165, 1.54) is 7.05 Å². The predicted molar refractivity (Wildman–Crippen MR) is 111 cm³/mol. The maximum Gasteiger partial charge on any atom is 0.390 e. The Labute approximate surface area is 171 Å². The molecule has 2 aromatic rings. The summed E-state index contributed by atoms with van der Waals surface area (Å²) in [5, 5.41) is 7.71. The second-order valence-corrected chi connectivity index (χ2v) is 6.24. The Morgan fingerprint density at radius 2 is 1.85 bits per heavy atom. The van der Waals surface area contributed by atoms with Gasteiger partial charge in [-0.1, -0.05) is 12.1 Å². The number of thiophene rings is 1. The van der Waals surface area contributed by atoms with Crippen molar-refractivity contribution in [2.24, 2.45) is 4.99 Å². The summed E-state index contributed by atoms with van der Waals surface area (Å²) in [6.07, 6.45) is -5.07. The Bertz CT molecular complexity index is 702. The predicted octanol–water partition coefficient (Wildman–Crippen LogP) is 4.66. The molecule has 144 valence electrons. The van der Waals surface area contributed by atoms with E-state index >= 15 is 0 Å². The molecule has 0 spiro atoms. The number of benzene rings is 1. The third kappa shape index (κ3) is 7.40. The molecule has 0 aliphatic carbocycles. The molecule has 0 radical (unpaired) electrons. The largest absolute Gasteiger partial charge is 0.497 e. The molecule has 0 saturated heterocycles. The van der Waals surface area contributed by atoms with Crippen molar-refractivity contribution in [2.75, 3.05) is 20.7 Å². The average molecular weight is 499 g/mol. The van der Waals surface area contributed by atoms with Crippen LogP contribution in [0.15, 0.2) is 40.7 Å². The summed E-state index contributed by atoms with van der Waals surface area (Å²) in [4.78, 5) is 4.98. The van der Waals surface area contributed by atoms with Gasteiger partial charge >= 0.3 is 6.18 Å². The molecule has 2 N–H and O–H groups in total. The number of methoxy groups -OCH3 is 1. The van der Waals surface area contributed by atoms with E-state index in [1.54, 1.807) is 18.4 Å². The molecule has 1 aromatic heterocycles. The van der Waals surface area contributed by atoms with Crippen LogP contribution in [0.3, 0.4) is 0 Å². The molecule has 0 aliphatic heterocycles. The first kappa shape index (κ1) is 22.6. The Morgan fingerprint density at radius 1 is 1.15 bits per heavy atom. The number of guanidine groups is 1. The molecule has 0 aliphatic rings. The molecular formula is C17H21F3IN3OS. The average Bonchev–Trinajstić information content (AvgIpc) is 3.06. The highest BCUT2D eigenvalue weighted by Gasteiger charge is 2.26. The van der Waals surface area contributed by atoms with Crippen LogP contribution in [0, 0.1) is 0 Å². The number of nitrogens with one attached hydrogen (secondary N) is 2. The van der Waals surface area contributed by atoms with Crippen LogP contribution in [0.4, 0.5) is 13.2 Å². The Balaban J connectivity index is 0.00000338. The molecule has 1 heterocycles. The van der Waals surface area contributed by atoms with Gasteiger partial charge in [-0.2, -0.15) is 13.2 Å². The van der Waals surface area contributed by atoms with Crippen molar-refractivity contribution in [1.82, 2.24) is 10.6 Å². The lowest BCUT2D eigenvalue weighted by atomic mass is 10.1. The quantitative estimate of drug-likeness (QED) is 0.346. The van der Waals surface area contributed by atoms with E-state index in [-0.39, 0.29) is 30.5 Å². The van der Waals surface area contributed by atoms with E-state index in [4.69, 9.17) is 4.74 Å². The molecule has 0 saturated carbocycles. The minimum Gasteiger partial charge on any atom is -0.497 e. The number of hydrogen-bond donors (Lipinski definition) is 2. The highest BCUT2D eigenvalue weighted by molar-refractivity contribution is 14.0. The van der Waals surface area contributed by atoms with E-state index in [0.717, 1.165) is 21.8 Å². The molecule has 0 fully saturated rings. The van der Waals surface area contributed by atoms with Gasteiger partial charge in [-0.3, -0.25) is 4.99 Å². The lowest BCUT2D eigenvalue weighted by molar-refractivity contribution is -0.132. The monoisotopic (exact) mass is 499 g/mol. The van der Waals surface area contributed by atoms with Crippen molar-refractivity contribution in [3.05, 3.63) is 40.6 Å². The zero-order chi connectivity index (χ0) is 18.3. The fraction of sp³-hybridized carbons (Fsp3) is 0.353. The van der Waals surface area contributed by atoms with Crippen LogP contribution in [0.5, 0.6) is 5.75 Å². The number of alkyl halides is 3. The first-order valence-electron chi connectivity index (χ1n) is 7.64. The van der Waals surface area contributed by atoms with Crippen LogP contribution in [-0.4, -0.2) is 32.8 Å². The third-order valence-electron chi connectivity index (χ3n) is 3.43. The maximum absolute atomic E-state index is 12.2. The number of ether oxygens (including phenoxy) is 1. The standard InChI is InChI=1S/C17H20F3N3OS.HI/c1-21-16(22-8-7-17(18,19)20)23-10-15-9-13(11-25-15)12-3-5-14(24-2)6-4-12;/h3-6,9,11H,7-8,10H2,1-2H3,(H2,21,22,23);1H. The topological polar surface area (TPSA) is 45.7 Å². The summed E-state index contributed by atoms with van der Waals surface area (Å²) in [7, 11) is 3.15. The minimum absolute atomic E-state index is 0. The van der Waals surface area contributed by atoms with Gasteiger partial charge in [-0.15, -0.1) is 35.3 Å². The summed E-state index contributed by atoms with van der Waals surface area (Å²) < 4.78 is 41.6.